The lowest BCUT2D eigenvalue weighted by Crippen LogP contribution is -1.96. The van der Waals surface area contributed by atoms with Crippen molar-refractivity contribution < 1.29 is 19.1 Å². The molecule has 1 heterocycles. The Morgan fingerprint density at radius 2 is 1.95 bits per heavy atom. The highest BCUT2D eigenvalue weighted by molar-refractivity contribution is 9.10. The average molecular weight is 325 g/mol. The van der Waals surface area contributed by atoms with Crippen molar-refractivity contribution in [1.82, 2.24) is 0 Å². The van der Waals surface area contributed by atoms with Crippen LogP contribution in [0, 0.1) is 13.8 Å². The third kappa shape index (κ3) is 3.17. The molecular weight excluding hydrogens is 312 g/mol. The second-order valence-corrected chi connectivity index (χ2v) is 5.02. The average Bonchev–Trinajstić information content (AvgIpc) is 2.82. The third-order valence-electron chi connectivity index (χ3n) is 2.66. The van der Waals surface area contributed by atoms with Crippen LogP contribution in [0.25, 0.3) is 0 Å². The first-order chi connectivity index (χ1) is 8.97. The summed E-state index contributed by atoms with van der Waals surface area (Å²) in [5, 5.41) is 8.75. The summed E-state index contributed by atoms with van der Waals surface area (Å²) in [6.07, 6.45) is 0. The molecule has 2 aromatic rings. The van der Waals surface area contributed by atoms with E-state index in [0.717, 1.165) is 21.3 Å². The Hall–Kier alpha value is -1.75. The smallest absolute Gasteiger partial charge is 0.371 e. The van der Waals surface area contributed by atoms with Crippen LogP contribution < -0.4 is 4.74 Å². The zero-order valence-corrected chi connectivity index (χ0v) is 12.2. The van der Waals surface area contributed by atoms with Crippen LogP contribution in [0.1, 0.15) is 27.4 Å². The zero-order valence-electron chi connectivity index (χ0n) is 10.6. The lowest BCUT2D eigenvalue weighted by atomic mass is 10.1. The molecule has 1 N–H and O–H groups in total. The van der Waals surface area contributed by atoms with E-state index in [1.165, 1.54) is 6.07 Å². The van der Waals surface area contributed by atoms with Gasteiger partial charge < -0.3 is 14.3 Å². The van der Waals surface area contributed by atoms with E-state index >= 15 is 0 Å². The highest BCUT2D eigenvalue weighted by Gasteiger charge is 2.09. The molecule has 0 aliphatic heterocycles. The standard InChI is InChI=1S/C14H13BrO4/c1-8-5-11(6-9(2)13(8)15)18-7-10-3-4-12(19-10)14(16)17/h3-6H,7H2,1-2H3,(H,16,17). The van der Waals surface area contributed by atoms with Gasteiger partial charge >= 0.3 is 5.97 Å². The molecule has 4 nitrogen and oxygen atoms in total. The Kier molecular flexibility index (Phi) is 3.95. The van der Waals surface area contributed by atoms with Crippen molar-refractivity contribution in [2.45, 2.75) is 20.5 Å². The van der Waals surface area contributed by atoms with Crippen LogP contribution in [-0.2, 0) is 6.61 Å². The van der Waals surface area contributed by atoms with Gasteiger partial charge in [0.25, 0.3) is 0 Å². The summed E-state index contributed by atoms with van der Waals surface area (Å²) in [5.74, 6) is 0.0467. The van der Waals surface area contributed by atoms with Gasteiger partial charge in [0, 0.05) is 4.47 Å². The zero-order chi connectivity index (χ0) is 14.0. The minimum Gasteiger partial charge on any atom is -0.486 e. The van der Waals surface area contributed by atoms with E-state index in [2.05, 4.69) is 15.9 Å². The first kappa shape index (κ1) is 13.7. The number of hydrogen-bond acceptors (Lipinski definition) is 3. The van der Waals surface area contributed by atoms with E-state index in [4.69, 9.17) is 14.3 Å². The summed E-state index contributed by atoms with van der Waals surface area (Å²) >= 11 is 3.49. The molecule has 2 rings (SSSR count). The van der Waals surface area contributed by atoms with Crippen LogP contribution in [0.3, 0.4) is 0 Å². The van der Waals surface area contributed by atoms with Crippen LogP contribution in [-0.4, -0.2) is 11.1 Å². The largest absolute Gasteiger partial charge is 0.486 e. The van der Waals surface area contributed by atoms with Gasteiger partial charge in [0.2, 0.25) is 5.76 Å². The number of carboxylic acids is 1. The molecule has 5 heteroatoms. The highest BCUT2D eigenvalue weighted by atomic mass is 79.9. The van der Waals surface area contributed by atoms with Crippen LogP contribution in [0.5, 0.6) is 5.75 Å². The van der Waals surface area contributed by atoms with E-state index in [9.17, 15) is 4.79 Å². The van der Waals surface area contributed by atoms with E-state index in [1.54, 1.807) is 6.07 Å². The van der Waals surface area contributed by atoms with Crippen molar-refractivity contribution in [1.29, 1.82) is 0 Å². The number of furan rings is 1. The van der Waals surface area contributed by atoms with Gasteiger partial charge in [0.05, 0.1) is 0 Å². The fourth-order valence-corrected chi connectivity index (χ4v) is 1.94. The minimum absolute atomic E-state index is 0.0817. The van der Waals surface area contributed by atoms with Crippen molar-refractivity contribution in [3.05, 3.63) is 51.4 Å². The quantitative estimate of drug-likeness (QED) is 0.925. The maximum Gasteiger partial charge on any atom is 0.371 e. The molecule has 0 atom stereocenters. The summed E-state index contributed by atoms with van der Waals surface area (Å²) < 4.78 is 11.8. The Labute approximate surface area is 119 Å². The summed E-state index contributed by atoms with van der Waals surface area (Å²) in [5.41, 5.74) is 2.17. The Morgan fingerprint density at radius 3 is 2.47 bits per heavy atom. The molecule has 0 unspecified atom stereocenters. The number of benzene rings is 1. The highest BCUT2D eigenvalue weighted by Crippen LogP contribution is 2.26. The van der Waals surface area contributed by atoms with E-state index < -0.39 is 5.97 Å². The number of carboxylic acid groups (broad SMARTS) is 1. The SMILES string of the molecule is Cc1cc(OCc2ccc(C(=O)O)o2)cc(C)c1Br. The molecule has 1 aromatic heterocycles. The first-order valence-electron chi connectivity index (χ1n) is 5.69. The van der Waals surface area contributed by atoms with Crippen molar-refractivity contribution in [3.8, 4) is 5.75 Å². The second-order valence-electron chi connectivity index (χ2n) is 4.23. The van der Waals surface area contributed by atoms with E-state index in [0.29, 0.717) is 5.76 Å². The number of ether oxygens (including phenoxy) is 1. The number of aromatic carboxylic acids is 1. The van der Waals surface area contributed by atoms with Crippen LogP contribution in [0.15, 0.2) is 33.2 Å². The molecule has 1 aromatic carbocycles. The van der Waals surface area contributed by atoms with Gasteiger partial charge in [-0.15, -0.1) is 0 Å². The molecule has 0 saturated carbocycles. The third-order valence-corrected chi connectivity index (χ3v) is 3.91. The monoisotopic (exact) mass is 324 g/mol. The Balaban J connectivity index is 2.08. The second kappa shape index (κ2) is 5.48. The molecule has 0 aliphatic carbocycles. The molecule has 0 spiro atoms. The maximum atomic E-state index is 10.7. The predicted molar refractivity (Wildman–Crippen MR) is 73.6 cm³/mol. The Bertz CT molecular complexity index is 593. The van der Waals surface area contributed by atoms with Crippen LogP contribution >= 0.6 is 15.9 Å². The topological polar surface area (TPSA) is 59.7 Å². The lowest BCUT2D eigenvalue weighted by Gasteiger charge is -2.09. The fourth-order valence-electron chi connectivity index (χ4n) is 1.71. The molecule has 0 amide bonds. The van der Waals surface area contributed by atoms with Crippen molar-refractivity contribution in [2.75, 3.05) is 0 Å². The molecule has 0 bridgehead atoms. The van der Waals surface area contributed by atoms with Crippen LogP contribution in [0.2, 0.25) is 0 Å². The van der Waals surface area contributed by atoms with Gasteiger partial charge in [-0.3, -0.25) is 0 Å². The van der Waals surface area contributed by atoms with E-state index in [1.807, 2.05) is 26.0 Å². The molecule has 0 saturated heterocycles. The molecule has 0 radical (unpaired) electrons. The summed E-state index contributed by atoms with van der Waals surface area (Å²) in [6.45, 7) is 4.17. The molecule has 100 valence electrons. The van der Waals surface area contributed by atoms with Crippen molar-refractivity contribution in [3.63, 3.8) is 0 Å². The summed E-state index contributed by atoms with van der Waals surface area (Å²) in [7, 11) is 0. The molecule has 0 aliphatic rings. The van der Waals surface area contributed by atoms with Gasteiger partial charge in [0.15, 0.2) is 0 Å². The molecule has 0 fully saturated rings. The number of hydrogen-bond donors (Lipinski definition) is 1. The fraction of sp³-hybridized carbons (Fsp3) is 0.214. The molecular formula is C14H13BrO4. The van der Waals surface area contributed by atoms with Gasteiger partial charge in [-0.05, 0) is 49.2 Å². The normalized spacial score (nSPS) is 10.5. The van der Waals surface area contributed by atoms with Gasteiger partial charge in [-0.2, -0.15) is 0 Å². The minimum atomic E-state index is -1.08. The summed E-state index contributed by atoms with van der Waals surface area (Å²) in [4.78, 5) is 10.7. The first-order valence-corrected chi connectivity index (χ1v) is 6.48. The van der Waals surface area contributed by atoms with Crippen LogP contribution in [0.4, 0.5) is 0 Å². The van der Waals surface area contributed by atoms with Gasteiger partial charge in [-0.25, -0.2) is 4.79 Å². The predicted octanol–water partition coefficient (Wildman–Crippen LogP) is 3.94. The number of carbonyl (C=O) groups is 1. The number of halogens is 1. The number of rotatable bonds is 4. The summed E-state index contributed by atoms with van der Waals surface area (Å²) in [6, 6.07) is 6.84. The maximum absolute atomic E-state index is 10.7. The van der Waals surface area contributed by atoms with Gasteiger partial charge in [0.1, 0.15) is 18.1 Å². The lowest BCUT2D eigenvalue weighted by molar-refractivity contribution is 0.0658. The van der Waals surface area contributed by atoms with E-state index in [-0.39, 0.29) is 12.4 Å². The molecule has 19 heavy (non-hydrogen) atoms. The van der Waals surface area contributed by atoms with Gasteiger partial charge in [-0.1, -0.05) is 15.9 Å². The Morgan fingerprint density at radius 1 is 1.32 bits per heavy atom. The number of aryl methyl sites for hydroxylation is 2. The van der Waals surface area contributed by atoms with Crippen molar-refractivity contribution >= 4 is 21.9 Å². The van der Waals surface area contributed by atoms with Crippen molar-refractivity contribution in [2.24, 2.45) is 0 Å².